The van der Waals surface area contributed by atoms with Gasteiger partial charge in [-0.25, -0.2) is 0 Å². The molecule has 3 heterocycles. The van der Waals surface area contributed by atoms with Crippen molar-refractivity contribution in [3.8, 4) is 11.4 Å². The number of benzene rings is 2. The molecular formula is C23H23ClN8OS. The molecule has 1 fully saturated rings. The first kappa shape index (κ1) is 22.6. The number of hydrogen-bond donors (Lipinski definition) is 2. The third-order valence-corrected chi connectivity index (χ3v) is 6.50. The first-order chi connectivity index (χ1) is 16.6. The predicted molar refractivity (Wildman–Crippen MR) is 133 cm³/mol. The Kier molecular flexibility index (Phi) is 6.89. The fourth-order valence-corrected chi connectivity index (χ4v) is 4.63. The van der Waals surface area contributed by atoms with Gasteiger partial charge in [-0.2, -0.15) is 15.0 Å². The Bertz CT molecular complexity index is 1250. The molecule has 3 N–H and O–H groups in total. The third-order valence-electron chi connectivity index (χ3n) is 5.29. The number of anilines is 3. The van der Waals surface area contributed by atoms with Gasteiger partial charge in [0.25, 0.3) is 0 Å². The first-order valence-electron chi connectivity index (χ1n) is 10.9. The van der Waals surface area contributed by atoms with Gasteiger partial charge in [-0.15, -0.1) is 10.2 Å². The predicted octanol–water partition coefficient (Wildman–Crippen LogP) is 4.58. The highest BCUT2D eigenvalue weighted by Gasteiger charge is 2.22. The molecule has 2 aromatic carbocycles. The summed E-state index contributed by atoms with van der Waals surface area (Å²) in [5.41, 5.74) is 7.76. The highest BCUT2D eigenvalue weighted by molar-refractivity contribution is 7.98. The highest BCUT2D eigenvalue weighted by atomic mass is 35.5. The molecule has 9 nitrogen and oxygen atoms in total. The number of hydrogen-bond acceptors (Lipinski definition) is 9. The number of nitrogen functional groups attached to an aromatic ring is 1. The van der Waals surface area contributed by atoms with Crippen LogP contribution in [-0.4, -0.2) is 42.4 Å². The summed E-state index contributed by atoms with van der Waals surface area (Å²) in [7, 11) is 0. The summed E-state index contributed by atoms with van der Waals surface area (Å²) >= 11 is 7.57. The molecule has 174 valence electrons. The molecule has 1 saturated heterocycles. The lowest BCUT2D eigenvalue weighted by Crippen LogP contribution is -2.16. The van der Waals surface area contributed by atoms with Crippen LogP contribution < -0.4 is 11.1 Å². The van der Waals surface area contributed by atoms with E-state index in [1.165, 1.54) is 11.8 Å². The van der Waals surface area contributed by atoms with Crippen LogP contribution in [0.1, 0.15) is 18.7 Å². The van der Waals surface area contributed by atoms with Crippen molar-refractivity contribution in [2.75, 3.05) is 17.7 Å². The molecule has 0 amide bonds. The van der Waals surface area contributed by atoms with Crippen molar-refractivity contribution in [2.45, 2.75) is 36.4 Å². The molecule has 0 bridgehead atoms. The lowest BCUT2D eigenvalue weighted by molar-refractivity contribution is 0.0953. The van der Waals surface area contributed by atoms with Crippen molar-refractivity contribution in [3.05, 3.63) is 65.4 Å². The van der Waals surface area contributed by atoms with Gasteiger partial charge < -0.3 is 15.8 Å². The van der Waals surface area contributed by atoms with Crippen LogP contribution in [0.15, 0.2) is 59.8 Å². The molecule has 34 heavy (non-hydrogen) atoms. The second-order valence-electron chi connectivity index (χ2n) is 7.77. The zero-order chi connectivity index (χ0) is 23.3. The first-order valence-corrected chi connectivity index (χ1v) is 12.3. The molecule has 0 saturated carbocycles. The second kappa shape index (κ2) is 10.4. The van der Waals surface area contributed by atoms with E-state index in [2.05, 4.69) is 35.0 Å². The number of nitrogens with one attached hydrogen (secondary N) is 1. The number of nitrogens with two attached hydrogens (primary N) is 1. The minimum Gasteiger partial charge on any atom is -0.376 e. The van der Waals surface area contributed by atoms with Crippen molar-refractivity contribution in [1.29, 1.82) is 0 Å². The third kappa shape index (κ3) is 5.46. The van der Waals surface area contributed by atoms with E-state index in [-0.39, 0.29) is 12.1 Å². The number of para-hydroxylation sites is 1. The minimum atomic E-state index is 0.135. The van der Waals surface area contributed by atoms with Crippen LogP contribution in [0.25, 0.3) is 11.4 Å². The van der Waals surface area contributed by atoms with Crippen LogP contribution in [0.4, 0.5) is 17.6 Å². The molecule has 1 aliphatic heterocycles. The van der Waals surface area contributed by atoms with Crippen molar-refractivity contribution < 1.29 is 4.74 Å². The van der Waals surface area contributed by atoms with Gasteiger partial charge in [0.05, 0.1) is 18.4 Å². The minimum absolute atomic E-state index is 0.135. The fourth-order valence-electron chi connectivity index (χ4n) is 3.70. The maximum atomic E-state index is 6.07. The summed E-state index contributed by atoms with van der Waals surface area (Å²) < 4.78 is 7.97. The summed E-state index contributed by atoms with van der Waals surface area (Å²) in [6, 6.07) is 17.3. The smallest absolute Gasteiger partial charge is 0.232 e. The molecule has 5 rings (SSSR count). The zero-order valence-electron chi connectivity index (χ0n) is 18.3. The Morgan fingerprint density at radius 3 is 2.65 bits per heavy atom. The Labute approximate surface area is 206 Å². The molecule has 4 aromatic rings. The van der Waals surface area contributed by atoms with E-state index in [1.807, 2.05) is 54.6 Å². The largest absolute Gasteiger partial charge is 0.376 e. The van der Waals surface area contributed by atoms with Gasteiger partial charge in [0.2, 0.25) is 11.9 Å². The van der Waals surface area contributed by atoms with Gasteiger partial charge >= 0.3 is 0 Å². The summed E-state index contributed by atoms with van der Waals surface area (Å²) in [6.45, 7) is 1.46. The van der Waals surface area contributed by atoms with E-state index in [1.54, 1.807) is 0 Å². The van der Waals surface area contributed by atoms with E-state index in [9.17, 15) is 0 Å². The van der Waals surface area contributed by atoms with E-state index >= 15 is 0 Å². The highest BCUT2D eigenvalue weighted by Crippen LogP contribution is 2.29. The van der Waals surface area contributed by atoms with Crippen LogP contribution in [0.3, 0.4) is 0 Å². The lowest BCUT2D eigenvalue weighted by atomic mass is 10.2. The standard InChI is InChI=1S/C23H23ClN8OS/c24-16-10-8-15(9-11-16)20-30-31-23(32(20)13-18-7-4-12-33-18)34-14-19-27-21(25)29-22(28-19)26-17-5-2-1-3-6-17/h1-3,5-6,8-11,18H,4,7,12-14H2,(H3,25,26,27,28,29). The second-order valence-corrected chi connectivity index (χ2v) is 9.15. The molecule has 11 heteroatoms. The topological polar surface area (TPSA) is 117 Å². The number of ether oxygens (including phenoxy) is 1. The van der Waals surface area contributed by atoms with Gasteiger partial charge in [-0.1, -0.05) is 41.6 Å². The van der Waals surface area contributed by atoms with Gasteiger partial charge in [0.15, 0.2) is 11.0 Å². The van der Waals surface area contributed by atoms with E-state index in [0.717, 1.165) is 41.7 Å². The van der Waals surface area contributed by atoms with Gasteiger partial charge in [-0.05, 0) is 49.2 Å². The Morgan fingerprint density at radius 1 is 1.06 bits per heavy atom. The van der Waals surface area contributed by atoms with Crippen molar-refractivity contribution in [3.63, 3.8) is 0 Å². The van der Waals surface area contributed by atoms with Crippen molar-refractivity contribution >= 4 is 40.9 Å². The average molecular weight is 495 g/mol. The van der Waals surface area contributed by atoms with Crippen molar-refractivity contribution in [2.24, 2.45) is 0 Å². The SMILES string of the molecule is Nc1nc(CSc2nnc(-c3ccc(Cl)cc3)n2CC2CCCO2)nc(Nc2ccccc2)n1. The molecule has 1 atom stereocenters. The molecule has 1 unspecified atom stereocenters. The van der Waals surface area contributed by atoms with Crippen LogP contribution in [0, 0.1) is 0 Å². The van der Waals surface area contributed by atoms with E-state index < -0.39 is 0 Å². The van der Waals surface area contributed by atoms with Crippen LogP contribution in [-0.2, 0) is 17.0 Å². The number of aromatic nitrogens is 6. The Hall–Kier alpha value is -3.21. The van der Waals surface area contributed by atoms with Crippen molar-refractivity contribution in [1.82, 2.24) is 29.7 Å². The monoisotopic (exact) mass is 494 g/mol. The number of nitrogens with zero attached hydrogens (tertiary/aromatic N) is 6. The van der Waals surface area contributed by atoms with Gasteiger partial charge in [-0.3, -0.25) is 4.57 Å². The van der Waals surface area contributed by atoms with E-state index in [0.29, 0.717) is 29.1 Å². The van der Waals surface area contributed by atoms with E-state index in [4.69, 9.17) is 22.1 Å². The van der Waals surface area contributed by atoms with Crippen LogP contribution in [0.2, 0.25) is 5.02 Å². The zero-order valence-corrected chi connectivity index (χ0v) is 19.8. The van der Waals surface area contributed by atoms with Crippen LogP contribution in [0.5, 0.6) is 0 Å². The molecular weight excluding hydrogens is 472 g/mol. The number of halogens is 1. The Morgan fingerprint density at radius 2 is 1.88 bits per heavy atom. The maximum Gasteiger partial charge on any atom is 0.232 e. The summed E-state index contributed by atoms with van der Waals surface area (Å²) in [6.07, 6.45) is 2.21. The average Bonchev–Trinajstić information content (AvgIpc) is 3.49. The Balaban J connectivity index is 1.37. The summed E-state index contributed by atoms with van der Waals surface area (Å²) in [5.74, 6) is 2.34. The summed E-state index contributed by atoms with van der Waals surface area (Å²) in [5, 5.41) is 13.5. The normalized spacial score (nSPS) is 15.5. The quantitative estimate of drug-likeness (QED) is 0.339. The number of thioether (sulfide) groups is 1. The molecule has 0 aliphatic carbocycles. The van der Waals surface area contributed by atoms with Gasteiger partial charge in [0.1, 0.15) is 5.82 Å². The fraction of sp³-hybridized carbons (Fsp3) is 0.261. The number of rotatable bonds is 8. The van der Waals surface area contributed by atoms with Crippen LogP contribution >= 0.6 is 23.4 Å². The maximum absolute atomic E-state index is 6.07. The molecule has 0 radical (unpaired) electrons. The molecule has 0 spiro atoms. The summed E-state index contributed by atoms with van der Waals surface area (Å²) in [4.78, 5) is 13.0. The molecule has 2 aromatic heterocycles. The van der Waals surface area contributed by atoms with Gasteiger partial charge in [0, 0.05) is 22.9 Å². The lowest BCUT2D eigenvalue weighted by Gasteiger charge is -2.14. The molecule has 1 aliphatic rings.